The summed E-state index contributed by atoms with van der Waals surface area (Å²) in [6, 6.07) is 0. The molecule has 1 unspecified atom stereocenters. The third-order valence-electron chi connectivity index (χ3n) is 12.1. The second-order valence-electron chi connectivity index (χ2n) is 18.8. The average molecular weight is 936 g/mol. The minimum absolute atomic E-state index is 0.0872. The van der Waals surface area contributed by atoms with E-state index in [1.807, 2.05) is 0 Å². The van der Waals surface area contributed by atoms with Gasteiger partial charge in [-0.1, -0.05) is 222 Å². The third kappa shape index (κ3) is 53.7. The van der Waals surface area contributed by atoms with Gasteiger partial charge < -0.3 is 14.2 Å². The zero-order chi connectivity index (χ0) is 48.6. The van der Waals surface area contributed by atoms with Gasteiger partial charge in [0.1, 0.15) is 13.2 Å². The lowest BCUT2D eigenvalue weighted by molar-refractivity contribution is -0.167. The number of ether oxygens (including phenoxy) is 3. The standard InChI is InChI=1S/C61H106O6/c1-4-7-10-13-16-19-22-25-27-29-31-33-36-39-42-45-48-51-54-60(63)66-57-58(56-65-59(62)53-50-47-44-41-38-35-24-21-18-15-12-9-6-3)67-61(64)55-52-49-46-43-40-37-34-32-30-28-26-23-20-17-14-11-8-5-2/h12,15,19-24,27-30,58H,4-11,13-14,16-18,25-26,31-57H2,1-3H3/b15-12-,22-19-,23-20-,24-21-,29-27-,30-28-. The maximum absolute atomic E-state index is 12.9. The summed E-state index contributed by atoms with van der Waals surface area (Å²) < 4.78 is 16.8. The van der Waals surface area contributed by atoms with E-state index in [2.05, 4.69) is 93.7 Å². The molecular formula is C61H106O6. The van der Waals surface area contributed by atoms with Gasteiger partial charge in [-0.3, -0.25) is 14.4 Å². The largest absolute Gasteiger partial charge is 0.462 e. The molecule has 0 aliphatic carbocycles. The molecule has 67 heavy (non-hydrogen) atoms. The minimum Gasteiger partial charge on any atom is -0.462 e. The van der Waals surface area contributed by atoms with Gasteiger partial charge in [-0.25, -0.2) is 0 Å². The van der Waals surface area contributed by atoms with Gasteiger partial charge in [0, 0.05) is 19.3 Å². The second kappa shape index (κ2) is 55.4. The maximum Gasteiger partial charge on any atom is 0.306 e. The molecule has 0 aromatic rings. The normalized spacial score (nSPS) is 12.6. The Hall–Kier alpha value is -3.15. The van der Waals surface area contributed by atoms with Crippen molar-refractivity contribution in [1.82, 2.24) is 0 Å². The van der Waals surface area contributed by atoms with Gasteiger partial charge in [0.2, 0.25) is 0 Å². The van der Waals surface area contributed by atoms with Crippen LogP contribution >= 0.6 is 0 Å². The van der Waals surface area contributed by atoms with Gasteiger partial charge in [-0.15, -0.1) is 0 Å². The molecule has 0 N–H and O–H groups in total. The number of carbonyl (C=O) groups excluding carboxylic acids is 3. The summed E-state index contributed by atoms with van der Waals surface area (Å²) in [4.78, 5) is 38.1. The van der Waals surface area contributed by atoms with E-state index in [0.717, 1.165) is 116 Å². The highest BCUT2D eigenvalue weighted by atomic mass is 16.6. The van der Waals surface area contributed by atoms with E-state index in [1.54, 1.807) is 0 Å². The van der Waals surface area contributed by atoms with Crippen LogP contribution in [-0.2, 0) is 28.6 Å². The van der Waals surface area contributed by atoms with E-state index in [1.165, 1.54) is 122 Å². The average Bonchev–Trinajstić information content (AvgIpc) is 3.33. The zero-order valence-corrected chi connectivity index (χ0v) is 44.2. The van der Waals surface area contributed by atoms with Crippen molar-refractivity contribution in [2.75, 3.05) is 13.2 Å². The van der Waals surface area contributed by atoms with Crippen LogP contribution in [0.5, 0.6) is 0 Å². The molecule has 0 fully saturated rings. The fourth-order valence-electron chi connectivity index (χ4n) is 7.83. The minimum atomic E-state index is -0.789. The summed E-state index contributed by atoms with van der Waals surface area (Å²) in [7, 11) is 0. The molecule has 0 aliphatic rings. The van der Waals surface area contributed by atoms with Crippen LogP contribution in [0.4, 0.5) is 0 Å². The number of unbranched alkanes of at least 4 members (excludes halogenated alkanes) is 28. The molecule has 0 heterocycles. The predicted octanol–water partition coefficient (Wildman–Crippen LogP) is 19.0. The van der Waals surface area contributed by atoms with Crippen LogP contribution < -0.4 is 0 Å². The highest BCUT2D eigenvalue weighted by molar-refractivity contribution is 5.71. The quantitative estimate of drug-likeness (QED) is 0.0262. The molecule has 0 aromatic carbocycles. The Kier molecular flexibility index (Phi) is 52.8. The first-order valence-corrected chi connectivity index (χ1v) is 28.4. The molecule has 386 valence electrons. The molecule has 0 saturated carbocycles. The zero-order valence-electron chi connectivity index (χ0n) is 44.2. The number of hydrogen-bond donors (Lipinski definition) is 0. The molecule has 0 aliphatic heterocycles. The highest BCUT2D eigenvalue weighted by Gasteiger charge is 2.19. The van der Waals surface area contributed by atoms with Crippen molar-refractivity contribution in [2.24, 2.45) is 0 Å². The molecule has 0 rings (SSSR count). The van der Waals surface area contributed by atoms with Crippen molar-refractivity contribution in [3.05, 3.63) is 72.9 Å². The predicted molar refractivity (Wildman–Crippen MR) is 288 cm³/mol. The van der Waals surface area contributed by atoms with Crippen molar-refractivity contribution in [3.8, 4) is 0 Å². The van der Waals surface area contributed by atoms with E-state index >= 15 is 0 Å². The van der Waals surface area contributed by atoms with Crippen LogP contribution in [0.1, 0.15) is 278 Å². The van der Waals surface area contributed by atoms with Crippen molar-refractivity contribution in [2.45, 2.75) is 284 Å². The SMILES string of the molecule is CCC/C=C\C/C=C\CCCCCCCC(=O)OCC(COC(=O)CCCCCCCCC/C=C\C/C=C\CCCCCC)OC(=O)CCCCCCCCC/C=C\C/C=C\CCCCCC. The Bertz CT molecular complexity index is 1260. The van der Waals surface area contributed by atoms with Crippen LogP contribution in [-0.4, -0.2) is 37.2 Å². The Morgan fingerprint density at radius 3 is 0.881 bits per heavy atom. The molecule has 0 spiro atoms. The monoisotopic (exact) mass is 935 g/mol. The molecule has 0 radical (unpaired) electrons. The summed E-state index contributed by atoms with van der Waals surface area (Å²) in [5.41, 5.74) is 0. The Morgan fingerprint density at radius 2 is 0.567 bits per heavy atom. The topological polar surface area (TPSA) is 78.9 Å². The highest BCUT2D eigenvalue weighted by Crippen LogP contribution is 2.15. The van der Waals surface area contributed by atoms with E-state index in [9.17, 15) is 14.4 Å². The molecule has 0 bridgehead atoms. The summed E-state index contributed by atoms with van der Waals surface area (Å²) in [5.74, 6) is -0.910. The number of hydrogen-bond acceptors (Lipinski definition) is 6. The van der Waals surface area contributed by atoms with Crippen molar-refractivity contribution < 1.29 is 28.6 Å². The third-order valence-corrected chi connectivity index (χ3v) is 12.1. The summed E-state index contributed by atoms with van der Waals surface area (Å²) >= 11 is 0. The summed E-state index contributed by atoms with van der Waals surface area (Å²) in [5, 5.41) is 0. The first-order valence-electron chi connectivity index (χ1n) is 28.4. The fourth-order valence-corrected chi connectivity index (χ4v) is 7.83. The van der Waals surface area contributed by atoms with E-state index in [-0.39, 0.29) is 31.1 Å². The van der Waals surface area contributed by atoms with Gasteiger partial charge in [-0.05, 0) is 109 Å². The van der Waals surface area contributed by atoms with Gasteiger partial charge in [-0.2, -0.15) is 0 Å². The van der Waals surface area contributed by atoms with Gasteiger partial charge in [0.05, 0.1) is 0 Å². The van der Waals surface area contributed by atoms with E-state index in [0.29, 0.717) is 19.3 Å². The Labute approximate surface area is 414 Å². The lowest BCUT2D eigenvalue weighted by Gasteiger charge is -2.18. The fraction of sp³-hybridized carbons (Fsp3) is 0.754. The molecule has 0 amide bonds. The van der Waals surface area contributed by atoms with Crippen LogP contribution in [0.3, 0.4) is 0 Å². The first kappa shape index (κ1) is 63.8. The molecule has 6 heteroatoms. The van der Waals surface area contributed by atoms with E-state index < -0.39 is 6.10 Å². The smallest absolute Gasteiger partial charge is 0.306 e. The van der Waals surface area contributed by atoms with Crippen molar-refractivity contribution >= 4 is 17.9 Å². The lowest BCUT2D eigenvalue weighted by atomic mass is 10.1. The first-order chi connectivity index (χ1) is 33.0. The number of esters is 3. The Balaban J connectivity index is 4.41. The van der Waals surface area contributed by atoms with Crippen LogP contribution in [0.25, 0.3) is 0 Å². The van der Waals surface area contributed by atoms with Gasteiger partial charge in [0.25, 0.3) is 0 Å². The van der Waals surface area contributed by atoms with Crippen LogP contribution in [0.15, 0.2) is 72.9 Å². The second-order valence-corrected chi connectivity index (χ2v) is 18.8. The summed E-state index contributed by atoms with van der Waals surface area (Å²) in [6.45, 7) is 6.53. The van der Waals surface area contributed by atoms with E-state index in [4.69, 9.17) is 14.2 Å². The number of carbonyl (C=O) groups is 3. The van der Waals surface area contributed by atoms with Gasteiger partial charge >= 0.3 is 17.9 Å². The molecular weight excluding hydrogens is 829 g/mol. The number of allylic oxidation sites excluding steroid dienone is 12. The van der Waals surface area contributed by atoms with Gasteiger partial charge in [0.15, 0.2) is 6.10 Å². The van der Waals surface area contributed by atoms with Crippen molar-refractivity contribution in [1.29, 1.82) is 0 Å². The molecule has 1 atom stereocenters. The Morgan fingerprint density at radius 1 is 0.299 bits per heavy atom. The van der Waals surface area contributed by atoms with Crippen LogP contribution in [0, 0.1) is 0 Å². The molecule has 0 saturated heterocycles. The maximum atomic E-state index is 12.9. The van der Waals surface area contributed by atoms with Crippen molar-refractivity contribution in [3.63, 3.8) is 0 Å². The van der Waals surface area contributed by atoms with Crippen LogP contribution in [0.2, 0.25) is 0 Å². The lowest BCUT2D eigenvalue weighted by Crippen LogP contribution is -2.30. The summed E-state index contributed by atoms with van der Waals surface area (Å²) in [6.07, 6.45) is 70.2. The molecule has 6 nitrogen and oxygen atoms in total. The molecule has 0 aromatic heterocycles. The number of rotatable bonds is 51.